The summed E-state index contributed by atoms with van der Waals surface area (Å²) in [6.45, 7) is 2.82. The van der Waals surface area contributed by atoms with Crippen LogP contribution in [0.4, 0.5) is 0 Å². The largest absolute Gasteiger partial charge is 0.505 e. The van der Waals surface area contributed by atoms with Crippen LogP contribution in [-0.2, 0) is 36.7 Å². The number of cyclic esters (lactones) is 2. The maximum Gasteiger partial charge on any atom is 0.348 e. The molecular weight excluding hydrogens is 544 g/mol. The molecule has 1 aliphatic heterocycles. The lowest BCUT2D eigenvalue weighted by molar-refractivity contribution is -0.177. The van der Waals surface area contributed by atoms with E-state index in [-0.39, 0.29) is 18.5 Å². The molecule has 4 rings (SSSR count). The molecule has 1 aromatic carbocycles. The van der Waals surface area contributed by atoms with Gasteiger partial charge in [-0.05, 0) is 49.6 Å². The fraction of sp³-hybridized carbons (Fsp3) is 0.333. The van der Waals surface area contributed by atoms with Gasteiger partial charge in [-0.2, -0.15) is 0 Å². The first-order chi connectivity index (χ1) is 20.1. The van der Waals surface area contributed by atoms with Crippen molar-refractivity contribution in [3.8, 4) is 5.75 Å². The Bertz CT molecular complexity index is 1400. The first-order valence-electron chi connectivity index (χ1n) is 13.4. The molecule has 6 atom stereocenters. The highest BCUT2D eigenvalue weighted by molar-refractivity contribution is 5.98. The van der Waals surface area contributed by atoms with Gasteiger partial charge < -0.3 is 30.3 Å². The second kappa shape index (κ2) is 13.7. The van der Waals surface area contributed by atoms with Gasteiger partial charge >= 0.3 is 11.9 Å². The minimum Gasteiger partial charge on any atom is -0.505 e. The van der Waals surface area contributed by atoms with E-state index in [1.165, 1.54) is 32.2 Å². The van der Waals surface area contributed by atoms with E-state index in [1.54, 1.807) is 54.9 Å². The molecule has 42 heavy (non-hydrogen) atoms. The monoisotopic (exact) mass is 576 g/mol. The summed E-state index contributed by atoms with van der Waals surface area (Å²) in [5, 5.41) is 26.6. The van der Waals surface area contributed by atoms with Crippen molar-refractivity contribution >= 4 is 23.8 Å². The molecule has 2 amide bonds. The lowest BCUT2D eigenvalue weighted by atomic mass is 9.92. The Balaban J connectivity index is 1.69. The molecular formula is C30H32N4O8. The van der Waals surface area contributed by atoms with E-state index < -0.39 is 65.8 Å². The van der Waals surface area contributed by atoms with Gasteiger partial charge in [0.2, 0.25) is 12.0 Å². The van der Waals surface area contributed by atoms with Crippen LogP contribution in [-0.4, -0.2) is 74.3 Å². The number of rotatable bonds is 6. The van der Waals surface area contributed by atoms with Crippen molar-refractivity contribution in [2.24, 2.45) is 5.92 Å². The van der Waals surface area contributed by atoms with Crippen LogP contribution in [0.3, 0.4) is 0 Å². The zero-order chi connectivity index (χ0) is 30.2. The zero-order valence-corrected chi connectivity index (χ0v) is 23.0. The van der Waals surface area contributed by atoms with Crippen molar-refractivity contribution < 1.29 is 38.9 Å². The van der Waals surface area contributed by atoms with Crippen molar-refractivity contribution in [3.05, 3.63) is 90.0 Å². The van der Waals surface area contributed by atoms with Crippen LogP contribution in [0.2, 0.25) is 0 Å². The van der Waals surface area contributed by atoms with Gasteiger partial charge in [0.05, 0.1) is 18.1 Å². The number of amides is 2. The number of ether oxygens (including phenoxy) is 2. The van der Waals surface area contributed by atoms with Crippen LogP contribution in [0.1, 0.15) is 35.5 Å². The van der Waals surface area contributed by atoms with E-state index in [9.17, 15) is 29.4 Å². The molecule has 12 heteroatoms. The van der Waals surface area contributed by atoms with Gasteiger partial charge in [0.1, 0.15) is 17.9 Å². The fourth-order valence-electron chi connectivity index (χ4n) is 4.54. The Morgan fingerprint density at radius 3 is 2.33 bits per heavy atom. The third kappa shape index (κ3) is 7.46. The van der Waals surface area contributed by atoms with Crippen LogP contribution in [0.5, 0.6) is 5.75 Å². The van der Waals surface area contributed by atoms with Gasteiger partial charge in [0.25, 0.3) is 5.91 Å². The first kappa shape index (κ1) is 30.1. The first-order valence-corrected chi connectivity index (χ1v) is 13.4. The van der Waals surface area contributed by atoms with Crippen molar-refractivity contribution in [1.82, 2.24) is 20.6 Å². The minimum absolute atomic E-state index is 0.0227. The lowest BCUT2D eigenvalue weighted by Crippen LogP contribution is -2.59. The number of carbonyl (C=O) groups excluding carboxylic acids is 4. The number of aromatic hydroxyl groups is 1. The van der Waals surface area contributed by atoms with Crippen LogP contribution in [0.25, 0.3) is 0 Å². The second-order valence-corrected chi connectivity index (χ2v) is 10.0. The number of nitrogens with one attached hydrogen (secondary N) is 2. The molecule has 220 valence electrons. The summed E-state index contributed by atoms with van der Waals surface area (Å²) in [6.07, 6.45) is 0.379. The normalized spacial score (nSPS) is 25.2. The van der Waals surface area contributed by atoms with E-state index >= 15 is 0 Å². The topological polar surface area (TPSA) is 177 Å². The quantitative estimate of drug-likeness (QED) is 0.311. The smallest absolute Gasteiger partial charge is 0.348 e. The molecule has 0 radical (unpaired) electrons. The molecule has 0 bridgehead atoms. The van der Waals surface area contributed by atoms with Crippen molar-refractivity contribution in [2.45, 2.75) is 57.1 Å². The predicted molar refractivity (Wildman–Crippen MR) is 148 cm³/mol. The highest BCUT2D eigenvalue weighted by Gasteiger charge is 2.40. The summed E-state index contributed by atoms with van der Waals surface area (Å²) in [6, 6.07) is 12.4. The van der Waals surface area contributed by atoms with Crippen LogP contribution < -0.4 is 10.6 Å². The van der Waals surface area contributed by atoms with E-state index in [0.717, 1.165) is 0 Å². The summed E-state index contributed by atoms with van der Waals surface area (Å²) in [5.74, 6) is -5.06. The number of pyridine rings is 2. The summed E-state index contributed by atoms with van der Waals surface area (Å²) in [5.41, 5.74) is 1.00. The number of benzene rings is 1. The molecule has 1 saturated heterocycles. The van der Waals surface area contributed by atoms with E-state index in [1.807, 2.05) is 0 Å². The van der Waals surface area contributed by atoms with Crippen molar-refractivity contribution in [1.29, 1.82) is 0 Å². The van der Waals surface area contributed by atoms with Gasteiger partial charge in [0, 0.05) is 25.0 Å². The maximum absolute atomic E-state index is 13.7. The van der Waals surface area contributed by atoms with Crippen LogP contribution in [0.15, 0.2) is 73.2 Å². The molecule has 12 nitrogen and oxygen atoms in total. The third-order valence-corrected chi connectivity index (χ3v) is 6.93. The SMILES string of the molecule is C[C@H]1OC(=O)[C@@H](Cc2ccccc2)OC(=O)[C@H](C)[C@H](O)[C@H](Cc2cccnc2)NC(=O)[C@H]1NC(=O)c1ncccc1O. The third-order valence-electron chi connectivity index (χ3n) is 6.93. The van der Waals surface area contributed by atoms with E-state index in [0.29, 0.717) is 11.1 Å². The summed E-state index contributed by atoms with van der Waals surface area (Å²) in [7, 11) is 0. The summed E-state index contributed by atoms with van der Waals surface area (Å²) < 4.78 is 11.1. The number of nitrogens with zero attached hydrogens (tertiary/aromatic N) is 2. The predicted octanol–water partition coefficient (Wildman–Crippen LogP) is 1.10. The number of hydrogen-bond acceptors (Lipinski definition) is 10. The molecule has 3 heterocycles. The van der Waals surface area contributed by atoms with Crippen LogP contribution in [0, 0.1) is 5.92 Å². The molecule has 3 aromatic rings. The number of aliphatic hydroxyl groups is 1. The van der Waals surface area contributed by atoms with Gasteiger partial charge in [-0.1, -0.05) is 36.4 Å². The van der Waals surface area contributed by atoms with Gasteiger partial charge in [0.15, 0.2) is 5.69 Å². The number of aliphatic hydroxyl groups excluding tert-OH is 1. The van der Waals surface area contributed by atoms with Gasteiger partial charge in [-0.15, -0.1) is 0 Å². The highest BCUT2D eigenvalue weighted by atomic mass is 16.6. The minimum atomic E-state index is -1.48. The lowest BCUT2D eigenvalue weighted by Gasteiger charge is -2.33. The Morgan fingerprint density at radius 1 is 0.929 bits per heavy atom. The number of hydrogen-bond donors (Lipinski definition) is 4. The number of aromatic nitrogens is 2. The summed E-state index contributed by atoms with van der Waals surface area (Å²) in [4.78, 5) is 61.1. The van der Waals surface area contributed by atoms with Crippen LogP contribution >= 0.6 is 0 Å². The van der Waals surface area contributed by atoms with Gasteiger partial charge in [-0.3, -0.25) is 19.4 Å². The molecule has 0 saturated carbocycles. The van der Waals surface area contributed by atoms with Crippen molar-refractivity contribution in [3.63, 3.8) is 0 Å². The zero-order valence-electron chi connectivity index (χ0n) is 23.0. The fourth-order valence-corrected chi connectivity index (χ4v) is 4.54. The molecule has 0 aliphatic carbocycles. The molecule has 1 fully saturated rings. The van der Waals surface area contributed by atoms with Gasteiger partial charge in [-0.25, -0.2) is 9.78 Å². The molecule has 2 aromatic heterocycles. The molecule has 1 aliphatic rings. The Kier molecular flexibility index (Phi) is 9.81. The average molecular weight is 577 g/mol. The number of carbonyl (C=O) groups is 4. The number of esters is 2. The average Bonchev–Trinajstić information content (AvgIpc) is 2.99. The standard InChI is InChI=1S/C30H32N4O8/c1-17-26(36)21(14-20-10-6-12-31-16-20)33-27(37)24(34-28(38)25-22(35)11-7-13-32-25)18(2)41-30(40)23(42-29(17)39)15-19-8-4-3-5-9-19/h3-13,16-18,21,23-24,26,35-36H,14-15H2,1-2H3,(H,33,37)(H,34,38)/t17-,18-,21+,23-,24+,26+/m1/s1. The van der Waals surface area contributed by atoms with E-state index in [4.69, 9.17) is 9.47 Å². The van der Waals surface area contributed by atoms with Crippen molar-refractivity contribution in [2.75, 3.05) is 0 Å². The Hall–Kier alpha value is -4.84. The molecule has 0 unspecified atom stereocenters. The summed E-state index contributed by atoms with van der Waals surface area (Å²) >= 11 is 0. The Labute approximate surface area is 242 Å². The maximum atomic E-state index is 13.7. The Morgan fingerprint density at radius 2 is 1.64 bits per heavy atom. The second-order valence-electron chi connectivity index (χ2n) is 10.0. The molecule has 4 N–H and O–H groups in total. The van der Waals surface area contributed by atoms with E-state index in [2.05, 4.69) is 20.6 Å². The molecule has 0 spiro atoms. The highest BCUT2D eigenvalue weighted by Crippen LogP contribution is 2.20.